The Balaban J connectivity index is 1.78. The standard InChI is InChI=1S/C21H24N2S2/c1-24-21-7-3-2-5-19(21)15-23(16-20-6-4-12-25-20)14-18-10-8-17(13-22)9-11-18/h2-12H,13-16,22H2,1H3. The highest BCUT2D eigenvalue weighted by atomic mass is 32.2. The van der Waals surface area contributed by atoms with E-state index < -0.39 is 0 Å². The third-order valence-corrected chi connectivity index (χ3v) is 5.91. The zero-order valence-electron chi connectivity index (χ0n) is 14.5. The van der Waals surface area contributed by atoms with Crippen LogP contribution in [0.5, 0.6) is 0 Å². The predicted molar refractivity (Wildman–Crippen MR) is 110 cm³/mol. The molecule has 0 atom stereocenters. The zero-order valence-corrected chi connectivity index (χ0v) is 16.2. The third kappa shape index (κ3) is 5.19. The Kier molecular flexibility index (Phi) is 6.70. The SMILES string of the molecule is CSc1ccccc1CN(Cc1ccc(CN)cc1)Cc1cccs1. The molecule has 130 valence electrons. The maximum absolute atomic E-state index is 5.71. The van der Waals surface area contributed by atoms with Crippen LogP contribution in [-0.4, -0.2) is 11.2 Å². The zero-order chi connectivity index (χ0) is 17.5. The minimum Gasteiger partial charge on any atom is -0.326 e. The van der Waals surface area contributed by atoms with Gasteiger partial charge in [-0.25, -0.2) is 0 Å². The maximum atomic E-state index is 5.71. The molecule has 2 aromatic carbocycles. The van der Waals surface area contributed by atoms with Crippen LogP contribution in [-0.2, 0) is 26.2 Å². The van der Waals surface area contributed by atoms with Crippen LogP contribution in [0.3, 0.4) is 0 Å². The van der Waals surface area contributed by atoms with E-state index in [0.717, 1.165) is 19.6 Å². The second kappa shape index (κ2) is 9.20. The summed E-state index contributed by atoms with van der Waals surface area (Å²) in [5.41, 5.74) is 9.62. The van der Waals surface area contributed by atoms with Gasteiger partial charge in [0.05, 0.1) is 0 Å². The molecule has 0 aliphatic carbocycles. The number of hydrogen-bond acceptors (Lipinski definition) is 4. The van der Waals surface area contributed by atoms with E-state index in [1.165, 1.54) is 26.5 Å². The molecule has 0 aliphatic heterocycles. The molecule has 0 aliphatic rings. The predicted octanol–water partition coefficient (Wildman–Crippen LogP) is 5.13. The van der Waals surface area contributed by atoms with Crippen LogP contribution in [0.1, 0.15) is 21.6 Å². The van der Waals surface area contributed by atoms with Gasteiger partial charge in [0.1, 0.15) is 0 Å². The Morgan fingerprint density at radius 2 is 1.64 bits per heavy atom. The number of benzene rings is 2. The first-order chi connectivity index (χ1) is 12.3. The van der Waals surface area contributed by atoms with Crippen molar-refractivity contribution in [3.8, 4) is 0 Å². The van der Waals surface area contributed by atoms with E-state index in [9.17, 15) is 0 Å². The average molecular weight is 369 g/mol. The van der Waals surface area contributed by atoms with Crippen LogP contribution in [0, 0.1) is 0 Å². The lowest BCUT2D eigenvalue weighted by Crippen LogP contribution is -2.22. The number of thiophene rings is 1. The lowest BCUT2D eigenvalue weighted by molar-refractivity contribution is 0.248. The first-order valence-electron chi connectivity index (χ1n) is 8.43. The van der Waals surface area contributed by atoms with Gasteiger partial charge >= 0.3 is 0 Å². The van der Waals surface area contributed by atoms with Gasteiger partial charge < -0.3 is 5.73 Å². The number of thioether (sulfide) groups is 1. The molecule has 0 radical (unpaired) electrons. The Hall–Kier alpha value is -1.59. The van der Waals surface area contributed by atoms with Gasteiger partial charge in [0.15, 0.2) is 0 Å². The van der Waals surface area contributed by atoms with Crippen LogP contribution in [0.25, 0.3) is 0 Å². The van der Waals surface area contributed by atoms with Gasteiger partial charge in [0.25, 0.3) is 0 Å². The minimum absolute atomic E-state index is 0.598. The molecule has 0 spiro atoms. The van der Waals surface area contributed by atoms with E-state index in [4.69, 9.17) is 5.73 Å². The molecule has 25 heavy (non-hydrogen) atoms. The molecule has 2 N–H and O–H groups in total. The normalized spacial score (nSPS) is 11.2. The summed E-state index contributed by atoms with van der Waals surface area (Å²) >= 11 is 3.64. The van der Waals surface area contributed by atoms with Crippen molar-refractivity contribution in [3.63, 3.8) is 0 Å². The minimum atomic E-state index is 0.598. The molecule has 0 bridgehead atoms. The summed E-state index contributed by atoms with van der Waals surface area (Å²) in [6.07, 6.45) is 2.15. The monoisotopic (exact) mass is 368 g/mol. The van der Waals surface area contributed by atoms with Crippen LogP contribution in [0.2, 0.25) is 0 Å². The molecule has 3 aromatic rings. The van der Waals surface area contributed by atoms with Crippen LogP contribution >= 0.6 is 23.1 Å². The average Bonchev–Trinajstić information content (AvgIpc) is 3.16. The van der Waals surface area contributed by atoms with Crippen LogP contribution in [0.15, 0.2) is 70.9 Å². The van der Waals surface area contributed by atoms with Crippen LogP contribution in [0.4, 0.5) is 0 Å². The lowest BCUT2D eigenvalue weighted by Gasteiger charge is -2.23. The molecule has 0 fully saturated rings. The van der Waals surface area contributed by atoms with Crippen molar-refractivity contribution in [2.75, 3.05) is 6.26 Å². The molecule has 1 aromatic heterocycles. The number of rotatable bonds is 8. The van der Waals surface area contributed by atoms with E-state index in [1.807, 2.05) is 23.1 Å². The Morgan fingerprint density at radius 3 is 2.32 bits per heavy atom. The van der Waals surface area contributed by atoms with Gasteiger partial charge in [-0.05, 0) is 40.5 Å². The number of hydrogen-bond donors (Lipinski definition) is 1. The topological polar surface area (TPSA) is 29.3 Å². The van der Waals surface area contributed by atoms with Gasteiger partial charge in [-0.3, -0.25) is 4.90 Å². The molecule has 3 rings (SSSR count). The van der Waals surface area contributed by atoms with Crippen molar-refractivity contribution in [1.29, 1.82) is 0 Å². The molecule has 0 saturated heterocycles. The molecule has 0 unspecified atom stereocenters. The van der Waals surface area contributed by atoms with E-state index in [1.54, 1.807) is 0 Å². The van der Waals surface area contributed by atoms with Gasteiger partial charge in [0.2, 0.25) is 0 Å². The molecule has 2 nitrogen and oxygen atoms in total. The van der Waals surface area contributed by atoms with Gasteiger partial charge in [-0.2, -0.15) is 0 Å². The fraction of sp³-hybridized carbons (Fsp3) is 0.238. The smallest absolute Gasteiger partial charge is 0.0335 e. The fourth-order valence-corrected chi connectivity index (χ4v) is 4.26. The van der Waals surface area contributed by atoms with E-state index >= 15 is 0 Å². The molecule has 1 heterocycles. The highest BCUT2D eigenvalue weighted by Gasteiger charge is 2.11. The van der Waals surface area contributed by atoms with E-state index in [0.29, 0.717) is 6.54 Å². The number of nitrogens with two attached hydrogens (primary N) is 1. The van der Waals surface area contributed by atoms with Crippen molar-refractivity contribution < 1.29 is 0 Å². The van der Waals surface area contributed by atoms with Crippen LogP contribution < -0.4 is 5.73 Å². The quantitative estimate of drug-likeness (QED) is 0.559. The van der Waals surface area contributed by atoms with Gasteiger partial charge in [0, 0.05) is 36.0 Å². The van der Waals surface area contributed by atoms with Crippen molar-refractivity contribution in [3.05, 3.63) is 87.6 Å². The molecular formula is C21H24N2S2. The second-order valence-electron chi connectivity index (χ2n) is 6.06. The fourth-order valence-electron chi connectivity index (χ4n) is 2.90. The summed E-state index contributed by atoms with van der Waals surface area (Å²) in [6.45, 7) is 3.46. The largest absolute Gasteiger partial charge is 0.326 e. The highest BCUT2D eigenvalue weighted by molar-refractivity contribution is 7.98. The summed E-state index contributed by atoms with van der Waals surface area (Å²) in [6, 6.07) is 21.7. The molecule has 0 amide bonds. The Morgan fingerprint density at radius 1 is 0.880 bits per heavy atom. The molecule has 4 heteroatoms. The summed E-state index contributed by atoms with van der Waals surface area (Å²) in [4.78, 5) is 5.27. The maximum Gasteiger partial charge on any atom is 0.0335 e. The van der Waals surface area contributed by atoms with Gasteiger partial charge in [-0.15, -0.1) is 23.1 Å². The van der Waals surface area contributed by atoms with E-state index in [-0.39, 0.29) is 0 Å². The summed E-state index contributed by atoms with van der Waals surface area (Å²) in [5, 5.41) is 2.15. The van der Waals surface area contributed by atoms with Crippen molar-refractivity contribution in [2.45, 2.75) is 31.1 Å². The first kappa shape index (κ1) is 18.2. The summed E-state index contributed by atoms with van der Waals surface area (Å²) in [7, 11) is 0. The first-order valence-corrected chi connectivity index (χ1v) is 10.5. The summed E-state index contributed by atoms with van der Waals surface area (Å²) in [5.74, 6) is 0. The Bertz CT molecular complexity index is 767. The van der Waals surface area contributed by atoms with Gasteiger partial charge in [-0.1, -0.05) is 48.5 Å². The van der Waals surface area contributed by atoms with Crippen molar-refractivity contribution in [1.82, 2.24) is 4.90 Å². The molecular weight excluding hydrogens is 344 g/mol. The van der Waals surface area contributed by atoms with Crippen molar-refractivity contribution >= 4 is 23.1 Å². The number of nitrogens with zero attached hydrogens (tertiary/aromatic N) is 1. The lowest BCUT2D eigenvalue weighted by atomic mass is 10.1. The Labute approximate surface area is 158 Å². The molecule has 0 saturated carbocycles. The third-order valence-electron chi connectivity index (χ3n) is 4.21. The van der Waals surface area contributed by atoms with Crippen molar-refractivity contribution in [2.24, 2.45) is 5.73 Å². The summed E-state index contributed by atoms with van der Waals surface area (Å²) < 4.78 is 0. The van der Waals surface area contributed by atoms with E-state index in [2.05, 4.69) is 77.2 Å². The second-order valence-corrected chi connectivity index (χ2v) is 7.94. The highest BCUT2D eigenvalue weighted by Crippen LogP contribution is 2.24.